The van der Waals surface area contributed by atoms with E-state index in [2.05, 4.69) is 5.32 Å². The maximum atomic E-state index is 12.8. The Morgan fingerprint density at radius 2 is 1.86 bits per heavy atom. The molecular weight excluding hydrogens is 408 g/mol. The van der Waals surface area contributed by atoms with Crippen LogP contribution in [0.3, 0.4) is 0 Å². The van der Waals surface area contributed by atoms with E-state index in [1.807, 2.05) is 44.2 Å². The average molecular weight is 433 g/mol. The van der Waals surface area contributed by atoms with E-state index in [0.717, 1.165) is 10.6 Å². The smallest absolute Gasteiger partial charge is 0.237 e. The summed E-state index contributed by atoms with van der Waals surface area (Å²) in [6.45, 7) is 4.25. The molecule has 1 aliphatic heterocycles. The summed E-state index contributed by atoms with van der Waals surface area (Å²) in [7, 11) is -3.66. The number of fused-ring (bicyclic) bond motifs is 1. The van der Waals surface area contributed by atoms with Crippen LogP contribution in [-0.2, 0) is 19.4 Å². The molecule has 1 heterocycles. The summed E-state index contributed by atoms with van der Waals surface area (Å²) in [6.07, 6.45) is 0.592. The summed E-state index contributed by atoms with van der Waals surface area (Å²) >= 11 is 1.44. The van der Waals surface area contributed by atoms with Crippen LogP contribution in [0, 0.1) is 0 Å². The number of nitrogens with zero attached hydrogens (tertiary/aromatic N) is 1. The van der Waals surface area contributed by atoms with Crippen molar-refractivity contribution in [3.8, 4) is 0 Å². The van der Waals surface area contributed by atoms with Gasteiger partial charge in [-0.3, -0.25) is 9.59 Å². The molecular formula is C21H24N2O4S2. The minimum atomic E-state index is -3.66. The van der Waals surface area contributed by atoms with Gasteiger partial charge >= 0.3 is 0 Å². The molecule has 0 aromatic heterocycles. The normalized spacial score (nSPS) is 16.1. The van der Waals surface area contributed by atoms with Crippen LogP contribution in [0.2, 0.25) is 0 Å². The zero-order valence-electron chi connectivity index (χ0n) is 16.4. The van der Waals surface area contributed by atoms with Gasteiger partial charge in [0.25, 0.3) is 0 Å². The van der Waals surface area contributed by atoms with Crippen LogP contribution in [-0.4, -0.2) is 37.8 Å². The first-order valence-electron chi connectivity index (χ1n) is 9.55. The Labute approximate surface area is 175 Å². The number of amides is 2. The number of hydrogen-bond donors (Lipinski definition) is 1. The van der Waals surface area contributed by atoms with E-state index in [4.69, 9.17) is 0 Å². The van der Waals surface area contributed by atoms with Crippen molar-refractivity contribution in [2.45, 2.75) is 41.7 Å². The average Bonchev–Trinajstić information content (AvgIpc) is 2.72. The minimum Gasteiger partial charge on any atom is -0.324 e. The molecule has 1 aliphatic rings. The van der Waals surface area contributed by atoms with E-state index in [9.17, 15) is 18.0 Å². The molecule has 2 aromatic rings. The Bertz CT molecular complexity index is 1010. The summed E-state index contributed by atoms with van der Waals surface area (Å²) < 4.78 is 25.6. The summed E-state index contributed by atoms with van der Waals surface area (Å²) in [4.78, 5) is 27.2. The molecule has 1 N–H and O–H groups in total. The van der Waals surface area contributed by atoms with Crippen molar-refractivity contribution in [1.29, 1.82) is 0 Å². The van der Waals surface area contributed by atoms with Crippen molar-refractivity contribution in [3.05, 3.63) is 48.5 Å². The lowest BCUT2D eigenvalue weighted by Gasteiger charge is -2.23. The van der Waals surface area contributed by atoms with Crippen LogP contribution in [0.5, 0.6) is 0 Å². The molecule has 6 nitrogen and oxygen atoms in total. The molecule has 0 aliphatic carbocycles. The lowest BCUT2D eigenvalue weighted by Crippen LogP contribution is -2.32. The van der Waals surface area contributed by atoms with Crippen molar-refractivity contribution in [2.24, 2.45) is 0 Å². The quantitative estimate of drug-likeness (QED) is 0.721. The first-order valence-corrected chi connectivity index (χ1v) is 12.1. The number of carbonyl (C=O) groups excluding carboxylic acids is 2. The van der Waals surface area contributed by atoms with Gasteiger partial charge in [-0.1, -0.05) is 25.1 Å². The number of thioether (sulfide) groups is 1. The number of nitrogens with one attached hydrogen (secondary N) is 1. The van der Waals surface area contributed by atoms with Crippen LogP contribution in [0.1, 0.15) is 26.7 Å². The number of anilines is 2. The van der Waals surface area contributed by atoms with Gasteiger partial charge in [-0.25, -0.2) is 8.42 Å². The Hall–Kier alpha value is -2.32. The fraction of sp³-hybridized carbons (Fsp3) is 0.333. The monoisotopic (exact) mass is 432 g/mol. The van der Waals surface area contributed by atoms with Gasteiger partial charge in [-0.2, -0.15) is 0 Å². The summed E-state index contributed by atoms with van der Waals surface area (Å²) in [5.41, 5.74) is 1.26. The summed E-state index contributed by atoms with van der Waals surface area (Å²) in [6, 6.07) is 13.9. The lowest BCUT2D eigenvalue weighted by atomic mass is 10.2. The number of carbonyl (C=O) groups is 2. The number of para-hydroxylation sites is 1. The molecule has 0 unspecified atom stereocenters. The largest absolute Gasteiger partial charge is 0.324 e. The van der Waals surface area contributed by atoms with Gasteiger partial charge < -0.3 is 10.2 Å². The van der Waals surface area contributed by atoms with Gasteiger partial charge in [-0.15, -0.1) is 11.8 Å². The molecule has 2 aromatic carbocycles. The molecule has 2 amide bonds. The standard InChI is InChI=1S/C21H24N2O4S2/c1-3-18-21(25)22-17-14-16(10-11-19(17)28-18)29(26,27)13-12-20(24)23(4-2)15-8-6-5-7-9-15/h5-11,14,18H,3-4,12-13H2,1-2H3,(H,22,25)/t18-/m1/s1. The van der Waals surface area contributed by atoms with Crippen molar-refractivity contribution < 1.29 is 18.0 Å². The highest BCUT2D eigenvalue weighted by molar-refractivity contribution is 8.01. The Balaban J connectivity index is 1.72. The molecule has 8 heteroatoms. The SMILES string of the molecule is CC[C@H]1Sc2ccc(S(=O)(=O)CCC(=O)N(CC)c3ccccc3)cc2NC1=O. The molecule has 154 valence electrons. The van der Waals surface area contributed by atoms with E-state index in [1.165, 1.54) is 17.8 Å². The molecule has 0 saturated heterocycles. The van der Waals surface area contributed by atoms with E-state index >= 15 is 0 Å². The van der Waals surface area contributed by atoms with Crippen LogP contribution in [0.25, 0.3) is 0 Å². The zero-order chi connectivity index (χ0) is 21.0. The van der Waals surface area contributed by atoms with Gasteiger partial charge in [0.1, 0.15) is 0 Å². The Kier molecular flexibility index (Phi) is 6.64. The molecule has 29 heavy (non-hydrogen) atoms. The van der Waals surface area contributed by atoms with Gasteiger partial charge in [-0.05, 0) is 43.7 Å². The molecule has 0 bridgehead atoms. The Morgan fingerprint density at radius 1 is 1.14 bits per heavy atom. The summed E-state index contributed by atoms with van der Waals surface area (Å²) in [5.74, 6) is -0.641. The molecule has 0 fully saturated rings. The third-order valence-electron chi connectivity index (χ3n) is 4.77. The van der Waals surface area contributed by atoms with E-state index < -0.39 is 9.84 Å². The second-order valence-electron chi connectivity index (χ2n) is 6.70. The predicted octanol–water partition coefficient (Wildman–Crippen LogP) is 3.73. The van der Waals surface area contributed by atoms with Crippen LogP contribution in [0.15, 0.2) is 58.3 Å². The van der Waals surface area contributed by atoms with Gasteiger partial charge in [0.15, 0.2) is 9.84 Å². The third kappa shape index (κ3) is 4.82. The van der Waals surface area contributed by atoms with Crippen molar-refractivity contribution >= 4 is 44.8 Å². The minimum absolute atomic E-state index is 0.110. The summed E-state index contributed by atoms with van der Waals surface area (Å²) in [5, 5.41) is 2.62. The Morgan fingerprint density at radius 3 is 2.52 bits per heavy atom. The van der Waals surface area contributed by atoms with E-state index in [-0.39, 0.29) is 34.1 Å². The lowest BCUT2D eigenvalue weighted by molar-refractivity contribution is -0.118. The highest BCUT2D eigenvalue weighted by atomic mass is 32.2. The van der Waals surface area contributed by atoms with Crippen molar-refractivity contribution in [3.63, 3.8) is 0 Å². The maximum absolute atomic E-state index is 12.8. The maximum Gasteiger partial charge on any atom is 0.237 e. The number of rotatable bonds is 7. The molecule has 0 spiro atoms. The zero-order valence-corrected chi connectivity index (χ0v) is 18.1. The number of sulfone groups is 1. The highest BCUT2D eigenvalue weighted by Crippen LogP contribution is 2.38. The highest BCUT2D eigenvalue weighted by Gasteiger charge is 2.27. The van der Waals surface area contributed by atoms with Gasteiger partial charge in [0.2, 0.25) is 11.8 Å². The number of benzene rings is 2. The van der Waals surface area contributed by atoms with Crippen LogP contribution < -0.4 is 10.2 Å². The topological polar surface area (TPSA) is 83.6 Å². The third-order valence-corrected chi connectivity index (χ3v) is 7.93. The van der Waals surface area contributed by atoms with Gasteiger partial charge in [0, 0.05) is 23.5 Å². The molecule has 0 radical (unpaired) electrons. The first-order chi connectivity index (χ1) is 13.9. The van der Waals surface area contributed by atoms with Crippen LogP contribution in [0.4, 0.5) is 11.4 Å². The first kappa shape index (κ1) is 21.4. The van der Waals surface area contributed by atoms with Gasteiger partial charge in [0.05, 0.1) is 21.6 Å². The van der Waals surface area contributed by atoms with Crippen molar-refractivity contribution in [1.82, 2.24) is 0 Å². The molecule has 0 saturated carbocycles. The fourth-order valence-corrected chi connectivity index (χ4v) is 5.45. The van der Waals surface area contributed by atoms with E-state index in [0.29, 0.717) is 18.7 Å². The number of hydrogen-bond acceptors (Lipinski definition) is 5. The second kappa shape index (κ2) is 9.00. The van der Waals surface area contributed by atoms with E-state index in [1.54, 1.807) is 17.0 Å². The van der Waals surface area contributed by atoms with Crippen LogP contribution >= 0.6 is 11.8 Å². The predicted molar refractivity (Wildman–Crippen MR) is 116 cm³/mol. The van der Waals surface area contributed by atoms with Crippen molar-refractivity contribution in [2.75, 3.05) is 22.5 Å². The second-order valence-corrected chi connectivity index (χ2v) is 10.1. The molecule has 3 rings (SSSR count). The molecule has 1 atom stereocenters. The fourth-order valence-electron chi connectivity index (χ4n) is 3.18.